The fraction of sp³-hybridized carbons (Fsp3) is 0.200. The Hall–Kier alpha value is -1.31. The second-order valence-corrected chi connectivity index (χ2v) is 4.80. The highest BCUT2D eigenvalue weighted by Gasteiger charge is 2.12. The van der Waals surface area contributed by atoms with Crippen molar-refractivity contribution in [2.24, 2.45) is 5.73 Å². The van der Waals surface area contributed by atoms with Gasteiger partial charge in [-0.3, -0.25) is 0 Å². The zero-order chi connectivity index (χ0) is 10.6. The highest BCUT2D eigenvalue weighted by Crippen LogP contribution is 2.12. The lowest BCUT2D eigenvalue weighted by Crippen LogP contribution is -2.06. The van der Waals surface area contributed by atoms with E-state index in [0.29, 0.717) is 6.54 Å². The monoisotopic (exact) mass is 209 g/mol. The molecule has 0 spiro atoms. The number of rotatable bonds is 3. The summed E-state index contributed by atoms with van der Waals surface area (Å²) in [5, 5.41) is 0. The molecule has 0 bridgehead atoms. The van der Waals surface area contributed by atoms with Gasteiger partial charge in [-0.15, -0.1) is 6.42 Å². The minimum absolute atomic E-state index is 0.235. The summed E-state index contributed by atoms with van der Waals surface area (Å²) in [5.41, 5.74) is 6.18. The molecule has 1 aromatic rings. The van der Waals surface area contributed by atoms with Gasteiger partial charge in [0.25, 0.3) is 0 Å². The molecule has 0 fully saturated rings. The molecular formula is C10H11NO2S. The van der Waals surface area contributed by atoms with Crippen molar-refractivity contribution < 1.29 is 8.42 Å². The van der Waals surface area contributed by atoms with E-state index in [4.69, 9.17) is 12.2 Å². The van der Waals surface area contributed by atoms with Gasteiger partial charge < -0.3 is 5.73 Å². The van der Waals surface area contributed by atoms with E-state index in [1.807, 2.05) is 0 Å². The number of sulfone groups is 1. The molecule has 74 valence electrons. The Kier molecular flexibility index (Phi) is 3.28. The molecule has 0 aromatic heterocycles. The van der Waals surface area contributed by atoms with Crippen LogP contribution in [0.3, 0.4) is 0 Å². The first kappa shape index (κ1) is 10.8. The van der Waals surface area contributed by atoms with Crippen LogP contribution in [0.2, 0.25) is 0 Å². The van der Waals surface area contributed by atoms with Crippen molar-refractivity contribution >= 4 is 9.84 Å². The molecule has 14 heavy (non-hydrogen) atoms. The van der Waals surface area contributed by atoms with Crippen molar-refractivity contribution in [3.63, 3.8) is 0 Å². The molecule has 0 atom stereocenters. The molecule has 0 unspecified atom stereocenters. The standard InChI is InChI=1S/C10H11NO2S/c1-2-6-14(12,13)10-5-3-4-9(7-10)8-11/h1,3-5,7H,6,8,11H2. The van der Waals surface area contributed by atoms with E-state index in [9.17, 15) is 8.42 Å². The summed E-state index contributed by atoms with van der Waals surface area (Å²) < 4.78 is 23.0. The van der Waals surface area contributed by atoms with Crippen LogP contribution in [-0.4, -0.2) is 14.2 Å². The van der Waals surface area contributed by atoms with Gasteiger partial charge in [-0.1, -0.05) is 18.1 Å². The van der Waals surface area contributed by atoms with Gasteiger partial charge >= 0.3 is 0 Å². The van der Waals surface area contributed by atoms with Crippen molar-refractivity contribution in [2.75, 3.05) is 5.75 Å². The topological polar surface area (TPSA) is 60.2 Å². The molecule has 0 amide bonds. The van der Waals surface area contributed by atoms with Crippen LogP contribution in [0.4, 0.5) is 0 Å². The summed E-state index contributed by atoms with van der Waals surface area (Å²) in [6, 6.07) is 6.50. The summed E-state index contributed by atoms with van der Waals surface area (Å²) in [4.78, 5) is 0.235. The Morgan fingerprint density at radius 3 is 2.71 bits per heavy atom. The van der Waals surface area contributed by atoms with Gasteiger partial charge in [-0.2, -0.15) is 0 Å². The Labute approximate surface area is 83.9 Å². The maximum Gasteiger partial charge on any atom is 0.189 e. The van der Waals surface area contributed by atoms with E-state index in [1.54, 1.807) is 18.2 Å². The number of hydrogen-bond donors (Lipinski definition) is 1. The van der Waals surface area contributed by atoms with Crippen LogP contribution in [0.1, 0.15) is 5.56 Å². The second kappa shape index (κ2) is 4.27. The minimum atomic E-state index is -3.33. The molecule has 2 N–H and O–H groups in total. The van der Waals surface area contributed by atoms with E-state index in [1.165, 1.54) is 6.07 Å². The molecule has 1 rings (SSSR count). The largest absolute Gasteiger partial charge is 0.326 e. The summed E-state index contributed by atoms with van der Waals surface area (Å²) in [6.07, 6.45) is 4.97. The first-order valence-corrected chi connectivity index (χ1v) is 5.70. The van der Waals surface area contributed by atoms with Crippen LogP contribution in [-0.2, 0) is 16.4 Å². The van der Waals surface area contributed by atoms with Gasteiger partial charge in [0.1, 0.15) is 5.75 Å². The quantitative estimate of drug-likeness (QED) is 0.740. The number of nitrogens with two attached hydrogens (primary N) is 1. The molecule has 0 saturated carbocycles. The normalized spacial score (nSPS) is 10.9. The van der Waals surface area contributed by atoms with Gasteiger partial charge in [0, 0.05) is 6.54 Å². The fourth-order valence-corrected chi connectivity index (χ4v) is 2.06. The fourth-order valence-electron chi connectivity index (χ4n) is 1.06. The predicted octanol–water partition coefficient (Wildman–Crippen LogP) is 0.552. The lowest BCUT2D eigenvalue weighted by molar-refractivity contribution is 0.599. The van der Waals surface area contributed by atoms with Crippen molar-refractivity contribution in [3.05, 3.63) is 29.8 Å². The Morgan fingerprint density at radius 1 is 1.43 bits per heavy atom. The van der Waals surface area contributed by atoms with Gasteiger partial charge in [0.15, 0.2) is 9.84 Å². The van der Waals surface area contributed by atoms with Crippen LogP contribution in [0, 0.1) is 12.3 Å². The van der Waals surface area contributed by atoms with Crippen molar-refractivity contribution in [3.8, 4) is 12.3 Å². The summed E-state index contributed by atoms with van der Waals surface area (Å²) >= 11 is 0. The average molecular weight is 209 g/mol. The van der Waals surface area contributed by atoms with Crippen LogP contribution in [0.25, 0.3) is 0 Å². The molecule has 0 saturated heterocycles. The van der Waals surface area contributed by atoms with Crippen LogP contribution in [0.15, 0.2) is 29.2 Å². The molecule has 0 radical (unpaired) electrons. The molecule has 0 aliphatic carbocycles. The van der Waals surface area contributed by atoms with Gasteiger partial charge in [-0.05, 0) is 17.7 Å². The van der Waals surface area contributed by atoms with Crippen LogP contribution < -0.4 is 5.73 Å². The van der Waals surface area contributed by atoms with Crippen molar-refractivity contribution in [1.29, 1.82) is 0 Å². The minimum Gasteiger partial charge on any atom is -0.326 e. The summed E-state index contributed by atoms with van der Waals surface area (Å²) in [6.45, 7) is 0.319. The third-order valence-electron chi connectivity index (χ3n) is 1.77. The van der Waals surface area contributed by atoms with E-state index in [0.717, 1.165) is 5.56 Å². The maximum absolute atomic E-state index is 11.5. The maximum atomic E-state index is 11.5. The van der Waals surface area contributed by atoms with Gasteiger partial charge in [0.2, 0.25) is 0 Å². The molecule has 1 aromatic carbocycles. The Balaban J connectivity index is 3.15. The van der Waals surface area contributed by atoms with Gasteiger partial charge in [-0.25, -0.2) is 8.42 Å². The highest BCUT2D eigenvalue weighted by atomic mass is 32.2. The second-order valence-electron chi connectivity index (χ2n) is 2.81. The molecule has 0 aliphatic rings. The molecule has 3 nitrogen and oxygen atoms in total. The lowest BCUT2D eigenvalue weighted by atomic mass is 10.2. The first-order chi connectivity index (χ1) is 6.60. The smallest absolute Gasteiger partial charge is 0.189 e. The van der Waals surface area contributed by atoms with Crippen molar-refractivity contribution in [1.82, 2.24) is 0 Å². The van der Waals surface area contributed by atoms with Crippen LogP contribution >= 0.6 is 0 Å². The number of benzene rings is 1. The molecule has 0 heterocycles. The predicted molar refractivity (Wildman–Crippen MR) is 55.2 cm³/mol. The van der Waals surface area contributed by atoms with E-state index < -0.39 is 9.84 Å². The van der Waals surface area contributed by atoms with Gasteiger partial charge in [0.05, 0.1) is 4.90 Å². The number of hydrogen-bond acceptors (Lipinski definition) is 3. The average Bonchev–Trinajstić information content (AvgIpc) is 2.18. The molecule has 4 heteroatoms. The third-order valence-corrected chi connectivity index (χ3v) is 3.29. The zero-order valence-electron chi connectivity index (χ0n) is 7.60. The zero-order valence-corrected chi connectivity index (χ0v) is 8.42. The summed E-state index contributed by atoms with van der Waals surface area (Å²) in [5.74, 6) is 1.85. The number of terminal acetylenes is 1. The van der Waals surface area contributed by atoms with Crippen molar-refractivity contribution in [2.45, 2.75) is 11.4 Å². The highest BCUT2D eigenvalue weighted by molar-refractivity contribution is 7.91. The third kappa shape index (κ3) is 2.34. The van der Waals surface area contributed by atoms with Crippen LogP contribution in [0.5, 0.6) is 0 Å². The SMILES string of the molecule is C#CCS(=O)(=O)c1cccc(CN)c1. The lowest BCUT2D eigenvalue weighted by Gasteiger charge is -2.02. The first-order valence-electron chi connectivity index (χ1n) is 4.05. The Bertz CT molecular complexity index is 457. The Morgan fingerprint density at radius 2 is 2.14 bits per heavy atom. The summed E-state index contributed by atoms with van der Waals surface area (Å²) in [7, 11) is -3.33. The van der Waals surface area contributed by atoms with E-state index >= 15 is 0 Å². The van der Waals surface area contributed by atoms with E-state index in [-0.39, 0.29) is 10.6 Å². The molecule has 0 aliphatic heterocycles. The van der Waals surface area contributed by atoms with E-state index in [2.05, 4.69) is 5.92 Å². The molecular weight excluding hydrogens is 198 g/mol.